The molecule has 2 aromatic carbocycles. The zero-order valence-electron chi connectivity index (χ0n) is 20.9. The van der Waals surface area contributed by atoms with Gasteiger partial charge in [0.2, 0.25) is 5.88 Å². The highest BCUT2D eigenvalue weighted by Gasteiger charge is 2.21. The van der Waals surface area contributed by atoms with Crippen LogP contribution >= 0.6 is 0 Å². The van der Waals surface area contributed by atoms with Crippen LogP contribution in [-0.4, -0.2) is 42.4 Å². The van der Waals surface area contributed by atoms with Gasteiger partial charge in [-0.15, -0.1) is 0 Å². The van der Waals surface area contributed by atoms with E-state index >= 15 is 0 Å². The van der Waals surface area contributed by atoms with E-state index in [0.717, 1.165) is 17.0 Å². The summed E-state index contributed by atoms with van der Waals surface area (Å²) in [6.07, 6.45) is 0. The Labute approximate surface area is 209 Å². The number of nitrogens with zero attached hydrogens (tertiary/aromatic N) is 4. The van der Waals surface area contributed by atoms with Crippen LogP contribution < -0.4 is 18.9 Å². The first-order valence-corrected chi connectivity index (χ1v) is 12.5. The molecule has 0 amide bonds. The molecule has 2 heterocycles. The van der Waals surface area contributed by atoms with Crippen LogP contribution in [0.4, 0.5) is 5.69 Å². The van der Waals surface area contributed by atoms with E-state index in [1.165, 1.54) is 26.4 Å². The normalized spacial score (nSPS) is 11.3. The lowest BCUT2D eigenvalue weighted by Crippen LogP contribution is -2.14. The number of nitrogens with one attached hydrogen (secondary N) is 1. The Balaban J connectivity index is 1.55. The van der Waals surface area contributed by atoms with E-state index in [1.54, 1.807) is 48.0 Å². The molecule has 0 aliphatic carbocycles. The van der Waals surface area contributed by atoms with Gasteiger partial charge in [-0.05, 0) is 69.7 Å². The van der Waals surface area contributed by atoms with Gasteiger partial charge < -0.3 is 14.2 Å². The zero-order valence-corrected chi connectivity index (χ0v) is 21.7. The molecule has 0 saturated heterocycles. The van der Waals surface area contributed by atoms with Gasteiger partial charge in [0.1, 0.15) is 28.0 Å². The van der Waals surface area contributed by atoms with Crippen LogP contribution in [-0.2, 0) is 10.0 Å². The highest BCUT2D eigenvalue weighted by molar-refractivity contribution is 7.92. The van der Waals surface area contributed by atoms with Gasteiger partial charge in [0, 0.05) is 23.5 Å². The molecule has 0 unspecified atom stereocenters. The van der Waals surface area contributed by atoms with Gasteiger partial charge in [0.15, 0.2) is 5.82 Å². The molecule has 36 heavy (non-hydrogen) atoms. The monoisotopic (exact) mass is 509 g/mol. The van der Waals surface area contributed by atoms with Crippen molar-refractivity contribution in [3.05, 3.63) is 71.3 Å². The molecule has 0 aliphatic rings. The molecule has 0 radical (unpaired) electrons. The SMILES string of the molecule is COc1ccc(OC)c(S(=O)(=O)Nc2ccc(Oc3cc(-n4nc(C)c(C)c4C)nc(C)n3)cc2)c1. The van der Waals surface area contributed by atoms with Crippen molar-refractivity contribution < 1.29 is 22.6 Å². The number of benzene rings is 2. The Morgan fingerprint density at radius 3 is 2.17 bits per heavy atom. The average molecular weight is 510 g/mol. The van der Waals surface area contributed by atoms with Crippen LogP contribution in [0.3, 0.4) is 0 Å². The number of aryl methyl sites for hydroxylation is 2. The van der Waals surface area contributed by atoms with Crippen molar-refractivity contribution in [2.75, 3.05) is 18.9 Å². The first-order valence-electron chi connectivity index (χ1n) is 11.0. The molecular weight excluding hydrogens is 482 g/mol. The highest BCUT2D eigenvalue weighted by atomic mass is 32.2. The van der Waals surface area contributed by atoms with Crippen molar-refractivity contribution in [1.82, 2.24) is 19.7 Å². The second-order valence-corrected chi connectivity index (χ2v) is 9.72. The number of hydrogen-bond acceptors (Lipinski definition) is 8. The smallest absolute Gasteiger partial charge is 0.265 e. The summed E-state index contributed by atoms with van der Waals surface area (Å²) in [4.78, 5) is 8.81. The molecule has 0 aliphatic heterocycles. The maximum atomic E-state index is 13.0. The third kappa shape index (κ3) is 5.10. The molecule has 2 aromatic heterocycles. The summed E-state index contributed by atoms with van der Waals surface area (Å²) in [5.41, 5.74) is 3.36. The number of rotatable bonds is 8. The van der Waals surface area contributed by atoms with Crippen LogP contribution in [0.2, 0.25) is 0 Å². The standard InChI is InChI=1S/C25H27N5O5S/c1-15-16(2)28-30(17(15)3)24-14-25(27-18(4)26-24)35-20-9-7-19(8-10-20)29-36(31,32)23-13-21(33-5)11-12-22(23)34-6/h7-14,29H,1-6H3. The van der Waals surface area contributed by atoms with Gasteiger partial charge in [0.25, 0.3) is 10.0 Å². The first-order chi connectivity index (χ1) is 17.1. The summed E-state index contributed by atoms with van der Waals surface area (Å²) in [6, 6.07) is 12.7. The van der Waals surface area contributed by atoms with E-state index in [0.29, 0.717) is 34.7 Å². The predicted octanol–water partition coefficient (Wildman–Crippen LogP) is 4.51. The fourth-order valence-corrected chi connectivity index (χ4v) is 4.79. The fraction of sp³-hybridized carbons (Fsp3) is 0.240. The van der Waals surface area contributed by atoms with Gasteiger partial charge in [-0.25, -0.2) is 18.1 Å². The summed E-state index contributed by atoms with van der Waals surface area (Å²) in [5, 5.41) is 4.55. The number of methoxy groups -OCH3 is 2. The Kier molecular flexibility index (Phi) is 6.84. The van der Waals surface area contributed by atoms with Crippen LogP contribution in [0.1, 0.15) is 22.8 Å². The van der Waals surface area contributed by atoms with E-state index in [1.807, 2.05) is 20.8 Å². The first kappa shape index (κ1) is 25.0. The summed E-state index contributed by atoms with van der Waals surface area (Å²) in [6.45, 7) is 7.72. The average Bonchev–Trinajstić information content (AvgIpc) is 3.11. The molecule has 0 fully saturated rings. The summed E-state index contributed by atoms with van der Waals surface area (Å²) in [5.74, 6) is 2.56. The molecule has 0 atom stereocenters. The van der Waals surface area contributed by atoms with Crippen molar-refractivity contribution in [3.63, 3.8) is 0 Å². The Bertz CT molecular complexity index is 1510. The molecule has 0 saturated carbocycles. The molecule has 4 rings (SSSR count). The second kappa shape index (κ2) is 9.86. The Morgan fingerprint density at radius 2 is 1.56 bits per heavy atom. The Morgan fingerprint density at radius 1 is 0.861 bits per heavy atom. The molecule has 10 nitrogen and oxygen atoms in total. The maximum Gasteiger partial charge on any atom is 0.265 e. The van der Waals surface area contributed by atoms with Crippen molar-refractivity contribution >= 4 is 15.7 Å². The van der Waals surface area contributed by atoms with E-state index in [9.17, 15) is 8.42 Å². The minimum atomic E-state index is -3.93. The third-order valence-corrected chi connectivity index (χ3v) is 7.06. The molecule has 0 bridgehead atoms. The van der Waals surface area contributed by atoms with Crippen molar-refractivity contribution in [2.45, 2.75) is 32.6 Å². The number of ether oxygens (including phenoxy) is 3. The number of sulfonamides is 1. The van der Waals surface area contributed by atoms with Crippen molar-refractivity contribution in [3.8, 4) is 28.9 Å². The van der Waals surface area contributed by atoms with E-state index in [2.05, 4.69) is 19.8 Å². The van der Waals surface area contributed by atoms with Crippen LogP contribution in [0.5, 0.6) is 23.1 Å². The van der Waals surface area contributed by atoms with Gasteiger partial charge in [0.05, 0.1) is 19.9 Å². The lowest BCUT2D eigenvalue weighted by atomic mass is 10.2. The van der Waals surface area contributed by atoms with E-state index in [-0.39, 0.29) is 10.6 Å². The quantitative estimate of drug-likeness (QED) is 0.369. The number of anilines is 1. The van der Waals surface area contributed by atoms with Crippen molar-refractivity contribution in [2.24, 2.45) is 0 Å². The van der Waals surface area contributed by atoms with Crippen molar-refractivity contribution in [1.29, 1.82) is 0 Å². The van der Waals surface area contributed by atoms with Crippen LogP contribution in [0.25, 0.3) is 5.82 Å². The second-order valence-electron chi connectivity index (χ2n) is 8.07. The minimum absolute atomic E-state index is 0.0342. The van der Waals surface area contributed by atoms with Gasteiger partial charge >= 0.3 is 0 Å². The topological polar surface area (TPSA) is 117 Å². The zero-order chi connectivity index (χ0) is 26.0. The summed E-state index contributed by atoms with van der Waals surface area (Å²) in [7, 11) is -1.07. The highest BCUT2D eigenvalue weighted by Crippen LogP contribution is 2.30. The lowest BCUT2D eigenvalue weighted by Gasteiger charge is -2.13. The van der Waals surface area contributed by atoms with Crippen LogP contribution in [0, 0.1) is 27.7 Å². The fourth-order valence-electron chi connectivity index (χ4n) is 3.55. The van der Waals surface area contributed by atoms with E-state index < -0.39 is 10.0 Å². The molecule has 188 valence electrons. The molecule has 4 aromatic rings. The number of hydrogen-bond donors (Lipinski definition) is 1. The largest absolute Gasteiger partial charge is 0.497 e. The minimum Gasteiger partial charge on any atom is -0.497 e. The summed E-state index contributed by atoms with van der Waals surface area (Å²) >= 11 is 0. The Hall–Kier alpha value is -4.12. The van der Waals surface area contributed by atoms with Gasteiger partial charge in [-0.3, -0.25) is 4.72 Å². The molecule has 0 spiro atoms. The van der Waals surface area contributed by atoms with E-state index in [4.69, 9.17) is 14.2 Å². The maximum absolute atomic E-state index is 13.0. The van der Waals surface area contributed by atoms with Crippen LogP contribution in [0.15, 0.2) is 53.4 Å². The molecular formula is C25H27N5O5S. The predicted molar refractivity (Wildman–Crippen MR) is 135 cm³/mol. The third-order valence-electron chi connectivity index (χ3n) is 5.66. The lowest BCUT2D eigenvalue weighted by molar-refractivity contribution is 0.392. The molecule has 11 heteroatoms. The summed E-state index contributed by atoms with van der Waals surface area (Å²) < 4.78 is 46.6. The van der Waals surface area contributed by atoms with Gasteiger partial charge in [-0.2, -0.15) is 10.1 Å². The van der Waals surface area contributed by atoms with Gasteiger partial charge in [-0.1, -0.05) is 0 Å². The number of aromatic nitrogens is 4. The molecule has 1 N–H and O–H groups in total.